The molecule has 3 nitrogen and oxygen atoms in total. The van der Waals surface area contributed by atoms with Crippen LogP contribution < -0.4 is 5.32 Å². The van der Waals surface area contributed by atoms with Gasteiger partial charge in [-0.15, -0.1) is 0 Å². The van der Waals surface area contributed by atoms with Gasteiger partial charge in [0.2, 0.25) is 0 Å². The minimum Gasteiger partial charge on any atom is -0.378 e. The Bertz CT molecular complexity index is 583. The first-order valence-corrected chi connectivity index (χ1v) is 6.51. The lowest BCUT2D eigenvalue weighted by Crippen LogP contribution is -2.07. The van der Waals surface area contributed by atoms with Crippen molar-refractivity contribution in [2.24, 2.45) is 7.05 Å². The Kier molecular flexibility index (Phi) is 3.92. The first-order valence-electron chi connectivity index (χ1n) is 5.34. The van der Waals surface area contributed by atoms with Gasteiger partial charge in [-0.3, -0.25) is 0 Å². The predicted molar refractivity (Wildman–Crippen MR) is 74.4 cm³/mol. The molecule has 0 bridgehead atoms. The van der Waals surface area contributed by atoms with E-state index in [1.807, 2.05) is 14.0 Å². The molecule has 18 heavy (non-hydrogen) atoms. The molecular weight excluding hydrogens is 321 g/mol. The molecular formula is C12H12BrClFN3. The molecule has 1 aromatic carbocycles. The number of aromatic nitrogens is 2. The van der Waals surface area contributed by atoms with E-state index in [0.29, 0.717) is 16.2 Å². The number of imidazole rings is 1. The summed E-state index contributed by atoms with van der Waals surface area (Å²) in [5.74, 6) is 0.554. The van der Waals surface area contributed by atoms with Crippen LogP contribution >= 0.6 is 27.5 Å². The predicted octanol–water partition coefficient (Wildman–Crippen LogP) is 3.90. The fourth-order valence-electron chi connectivity index (χ4n) is 1.60. The van der Waals surface area contributed by atoms with Gasteiger partial charge in [0.15, 0.2) is 0 Å². The van der Waals surface area contributed by atoms with Crippen LogP contribution in [0.15, 0.2) is 22.8 Å². The zero-order valence-electron chi connectivity index (χ0n) is 9.97. The summed E-state index contributed by atoms with van der Waals surface area (Å²) < 4.78 is 15.5. The lowest BCUT2D eigenvalue weighted by Gasteiger charge is -2.10. The highest BCUT2D eigenvalue weighted by Gasteiger charge is 2.07. The van der Waals surface area contributed by atoms with Crippen molar-refractivity contribution in [2.75, 3.05) is 5.32 Å². The zero-order valence-corrected chi connectivity index (χ0v) is 12.3. The van der Waals surface area contributed by atoms with Crippen molar-refractivity contribution in [2.45, 2.75) is 13.5 Å². The third kappa shape index (κ3) is 2.67. The van der Waals surface area contributed by atoms with Crippen molar-refractivity contribution < 1.29 is 4.39 Å². The maximum absolute atomic E-state index is 13.3. The summed E-state index contributed by atoms with van der Waals surface area (Å²) >= 11 is 9.07. The Hall–Kier alpha value is -1.07. The van der Waals surface area contributed by atoms with E-state index in [-0.39, 0.29) is 5.82 Å². The Morgan fingerprint density at radius 1 is 1.50 bits per heavy atom. The molecule has 0 aliphatic carbocycles. The average molecular weight is 333 g/mol. The molecule has 0 unspecified atom stereocenters. The second-order valence-corrected chi connectivity index (χ2v) is 5.23. The average Bonchev–Trinajstić information content (AvgIpc) is 2.63. The van der Waals surface area contributed by atoms with E-state index in [2.05, 4.69) is 26.2 Å². The molecule has 0 aliphatic rings. The van der Waals surface area contributed by atoms with E-state index in [4.69, 9.17) is 11.6 Å². The van der Waals surface area contributed by atoms with E-state index in [1.165, 1.54) is 6.07 Å². The summed E-state index contributed by atoms with van der Waals surface area (Å²) in [6.07, 6.45) is 1.60. The molecule has 0 radical (unpaired) electrons. The molecule has 0 spiro atoms. The largest absolute Gasteiger partial charge is 0.378 e. The number of aryl methyl sites for hydroxylation is 1. The summed E-state index contributed by atoms with van der Waals surface area (Å²) in [5, 5.41) is 3.80. The number of nitrogens with zero attached hydrogens (tertiary/aromatic N) is 2. The molecule has 96 valence electrons. The van der Waals surface area contributed by atoms with Gasteiger partial charge in [0, 0.05) is 12.7 Å². The quantitative estimate of drug-likeness (QED) is 0.924. The van der Waals surface area contributed by atoms with Crippen molar-refractivity contribution >= 4 is 33.2 Å². The van der Waals surface area contributed by atoms with Crippen LogP contribution in [0, 0.1) is 12.7 Å². The highest BCUT2D eigenvalue weighted by molar-refractivity contribution is 9.10. The molecule has 1 N–H and O–H groups in total. The zero-order chi connectivity index (χ0) is 13.3. The number of hydrogen-bond donors (Lipinski definition) is 1. The van der Waals surface area contributed by atoms with Gasteiger partial charge < -0.3 is 9.88 Å². The van der Waals surface area contributed by atoms with Gasteiger partial charge in [-0.25, -0.2) is 9.37 Å². The molecule has 0 saturated heterocycles. The fourth-order valence-corrected chi connectivity index (χ4v) is 2.09. The van der Waals surface area contributed by atoms with Gasteiger partial charge in [0.05, 0.1) is 17.2 Å². The summed E-state index contributed by atoms with van der Waals surface area (Å²) in [5.41, 5.74) is 1.71. The summed E-state index contributed by atoms with van der Waals surface area (Å²) in [6, 6.07) is 3.20. The van der Waals surface area contributed by atoms with Crippen molar-refractivity contribution in [3.8, 4) is 0 Å². The molecule has 0 fully saturated rings. The van der Waals surface area contributed by atoms with Crippen molar-refractivity contribution in [1.29, 1.82) is 0 Å². The van der Waals surface area contributed by atoms with E-state index >= 15 is 0 Å². The van der Waals surface area contributed by atoms with Crippen LogP contribution in [0.2, 0.25) is 5.15 Å². The topological polar surface area (TPSA) is 29.9 Å². The van der Waals surface area contributed by atoms with Crippen LogP contribution in [0.5, 0.6) is 0 Å². The van der Waals surface area contributed by atoms with E-state index in [9.17, 15) is 4.39 Å². The highest BCUT2D eigenvalue weighted by atomic mass is 79.9. The molecule has 2 aromatic rings. The van der Waals surface area contributed by atoms with Gasteiger partial charge in [0.25, 0.3) is 0 Å². The van der Waals surface area contributed by atoms with Crippen molar-refractivity contribution in [3.05, 3.63) is 45.2 Å². The SMILES string of the molecule is Cc1cc(F)c(Br)cc1NCc1ncc(Cl)n1C. The number of rotatable bonds is 3. The van der Waals surface area contributed by atoms with Crippen LogP contribution in [-0.2, 0) is 13.6 Å². The summed E-state index contributed by atoms with van der Waals surface area (Å²) in [6.45, 7) is 2.38. The fraction of sp³-hybridized carbons (Fsp3) is 0.250. The van der Waals surface area contributed by atoms with E-state index in [1.54, 1.807) is 16.8 Å². The second-order valence-electron chi connectivity index (χ2n) is 3.99. The van der Waals surface area contributed by atoms with Gasteiger partial charge >= 0.3 is 0 Å². The molecule has 2 rings (SSSR count). The Morgan fingerprint density at radius 2 is 2.22 bits per heavy atom. The molecule has 6 heteroatoms. The maximum Gasteiger partial charge on any atom is 0.137 e. The van der Waals surface area contributed by atoms with Gasteiger partial charge in [0.1, 0.15) is 16.8 Å². The minimum absolute atomic E-state index is 0.266. The highest BCUT2D eigenvalue weighted by Crippen LogP contribution is 2.24. The third-order valence-electron chi connectivity index (χ3n) is 2.73. The molecule has 1 aromatic heterocycles. The molecule has 0 saturated carbocycles. The van der Waals surface area contributed by atoms with Crippen molar-refractivity contribution in [3.63, 3.8) is 0 Å². The van der Waals surface area contributed by atoms with E-state index < -0.39 is 0 Å². The number of anilines is 1. The minimum atomic E-state index is -0.266. The summed E-state index contributed by atoms with van der Waals surface area (Å²) in [7, 11) is 1.85. The molecule has 1 heterocycles. The number of hydrogen-bond acceptors (Lipinski definition) is 2. The molecule has 0 amide bonds. The van der Waals surface area contributed by atoms with Gasteiger partial charge in [-0.1, -0.05) is 11.6 Å². The Morgan fingerprint density at radius 3 is 2.83 bits per heavy atom. The standard InChI is InChI=1S/C12H12BrClFN3/c1-7-3-9(15)8(13)4-10(7)16-6-12-17-5-11(14)18(12)2/h3-5,16H,6H2,1-2H3. The lowest BCUT2D eigenvalue weighted by atomic mass is 10.2. The van der Waals surface area contributed by atoms with Crippen LogP contribution in [-0.4, -0.2) is 9.55 Å². The molecule has 0 atom stereocenters. The Labute approximate surface area is 118 Å². The number of nitrogens with one attached hydrogen (secondary N) is 1. The van der Waals surface area contributed by atoms with Gasteiger partial charge in [-0.2, -0.15) is 0 Å². The Balaban J connectivity index is 2.16. The summed E-state index contributed by atoms with van der Waals surface area (Å²) in [4.78, 5) is 4.18. The number of halogens is 3. The van der Waals surface area contributed by atoms with Crippen LogP contribution in [0.25, 0.3) is 0 Å². The van der Waals surface area contributed by atoms with Crippen LogP contribution in [0.3, 0.4) is 0 Å². The normalized spacial score (nSPS) is 10.7. The molecule has 0 aliphatic heterocycles. The first kappa shape index (κ1) is 13.4. The monoisotopic (exact) mass is 331 g/mol. The maximum atomic E-state index is 13.3. The van der Waals surface area contributed by atoms with E-state index in [0.717, 1.165) is 17.1 Å². The smallest absolute Gasteiger partial charge is 0.137 e. The van der Waals surface area contributed by atoms with Crippen LogP contribution in [0.1, 0.15) is 11.4 Å². The van der Waals surface area contributed by atoms with Gasteiger partial charge in [-0.05, 0) is 40.5 Å². The van der Waals surface area contributed by atoms with Crippen molar-refractivity contribution in [1.82, 2.24) is 9.55 Å². The second kappa shape index (κ2) is 5.28. The lowest BCUT2D eigenvalue weighted by molar-refractivity contribution is 0.620. The third-order valence-corrected chi connectivity index (χ3v) is 3.69. The first-order chi connectivity index (χ1) is 8.49. The van der Waals surface area contributed by atoms with Crippen LogP contribution in [0.4, 0.5) is 10.1 Å². The number of benzene rings is 1.